The van der Waals surface area contributed by atoms with Gasteiger partial charge in [-0.2, -0.15) is 0 Å². The molecule has 2 atom stereocenters. The smallest absolute Gasteiger partial charge is 0.325 e. The van der Waals surface area contributed by atoms with Gasteiger partial charge < -0.3 is 15.7 Å². The SMILES string of the molecule is CC(=O)N[C@@H](CC(C)C)C(=O)N[C@H](C)C(=O)O. The van der Waals surface area contributed by atoms with Crippen molar-refractivity contribution in [1.82, 2.24) is 10.6 Å². The summed E-state index contributed by atoms with van der Waals surface area (Å²) in [5.74, 6) is -1.67. The highest BCUT2D eigenvalue weighted by Crippen LogP contribution is 2.05. The summed E-state index contributed by atoms with van der Waals surface area (Å²) in [6, 6.07) is -1.65. The molecule has 0 aromatic heterocycles. The largest absolute Gasteiger partial charge is 0.480 e. The summed E-state index contributed by atoms with van der Waals surface area (Å²) in [4.78, 5) is 33.3. The fourth-order valence-corrected chi connectivity index (χ4v) is 1.32. The number of hydrogen-bond donors (Lipinski definition) is 3. The molecular formula is C11H20N2O4. The Morgan fingerprint density at radius 1 is 1.12 bits per heavy atom. The molecule has 98 valence electrons. The molecule has 17 heavy (non-hydrogen) atoms. The maximum Gasteiger partial charge on any atom is 0.325 e. The predicted octanol–water partition coefficient (Wildman–Crippen LogP) is 0.127. The van der Waals surface area contributed by atoms with E-state index in [-0.39, 0.29) is 11.8 Å². The number of nitrogens with one attached hydrogen (secondary N) is 2. The van der Waals surface area contributed by atoms with E-state index in [1.807, 2.05) is 13.8 Å². The first-order valence-corrected chi connectivity index (χ1v) is 5.54. The van der Waals surface area contributed by atoms with Crippen LogP contribution in [0, 0.1) is 5.92 Å². The monoisotopic (exact) mass is 244 g/mol. The molecule has 6 nitrogen and oxygen atoms in total. The van der Waals surface area contributed by atoms with Crippen LogP contribution in [-0.2, 0) is 14.4 Å². The highest BCUT2D eigenvalue weighted by atomic mass is 16.4. The molecule has 0 saturated carbocycles. The van der Waals surface area contributed by atoms with Crippen LogP contribution in [0.3, 0.4) is 0 Å². The third-order valence-electron chi connectivity index (χ3n) is 2.13. The van der Waals surface area contributed by atoms with E-state index in [4.69, 9.17) is 5.11 Å². The third kappa shape index (κ3) is 6.55. The Labute approximate surface area is 101 Å². The van der Waals surface area contributed by atoms with Crippen molar-refractivity contribution in [2.24, 2.45) is 5.92 Å². The Hall–Kier alpha value is -1.59. The summed E-state index contributed by atoms with van der Waals surface area (Å²) >= 11 is 0. The molecule has 0 aromatic carbocycles. The van der Waals surface area contributed by atoms with E-state index in [2.05, 4.69) is 10.6 Å². The van der Waals surface area contributed by atoms with Crippen molar-refractivity contribution in [2.75, 3.05) is 0 Å². The second-order valence-corrected chi connectivity index (χ2v) is 4.45. The van der Waals surface area contributed by atoms with Gasteiger partial charge in [-0.15, -0.1) is 0 Å². The van der Waals surface area contributed by atoms with Crippen LogP contribution in [0.5, 0.6) is 0 Å². The third-order valence-corrected chi connectivity index (χ3v) is 2.13. The quantitative estimate of drug-likeness (QED) is 0.618. The lowest BCUT2D eigenvalue weighted by Crippen LogP contribution is -2.50. The zero-order valence-electron chi connectivity index (χ0n) is 10.6. The average molecular weight is 244 g/mol. The summed E-state index contributed by atoms with van der Waals surface area (Å²) in [6.45, 7) is 6.53. The predicted molar refractivity (Wildman–Crippen MR) is 62.3 cm³/mol. The van der Waals surface area contributed by atoms with Crippen molar-refractivity contribution < 1.29 is 19.5 Å². The number of carboxylic acid groups (broad SMARTS) is 1. The maximum absolute atomic E-state index is 11.7. The van der Waals surface area contributed by atoms with Gasteiger partial charge in [0.25, 0.3) is 0 Å². The van der Waals surface area contributed by atoms with Crippen LogP contribution >= 0.6 is 0 Å². The number of carboxylic acids is 1. The fourth-order valence-electron chi connectivity index (χ4n) is 1.32. The number of carbonyl (C=O) groups excluding carboxylic acids is 2. The molecule has 0 aliphatic rings. The molecule has 0 aliphatic carbocycles. The zero-order chi connectivity index (χ0) is 13.6. The summed E-state index contributed by atoms with van der Waals surface area (Å²) in [5, 5.41) is 13.5. The van der Waals surface area contributed by atoms with E-state index in [0.717, 1.165) is 0 Å². The lowest BCUT2D eigenvalue weighted by atomic mass is 10.0. The van der Waals surface area contributed by atoms with Crippen molar-refractivity contribution in [3.63, 3.8) is 0 Å². The van der Waals surface area contributed by atoms with Crippen molar-refractivity contribution in [3.8, 4) is 0 Å². The van der Waals surface area contributed by atoms with Gasteiger partial charge in [0.2, 0.25) is 11.8 Å². The van der Waals surface area contributed by atoms with Crippen molar-refractivity contribution in [1.29, 1.82) is 0 Å². The van der Waals surface area contributed by atoms with Crippen LogP contribution in [0.2, 0.25) is 0 Å². The van der Waals surface area contributed by atoms with Crippen LogP contribution in [0.4, 0.5) is 0 Å². The minimum absolute atomic E-state index is 0.220. The van der Waals surface area contributed by atoms with Gasteiger partial charge in [0.15, 0.2) is 0 Å². The summed E-state index contributed by atoms with van der Waals surface area (Å²) < 4.78 is 0. The number of hydrogen-bond acceptors (Lipinski definition) is 3. The van der Waals surface area contributed by atoms with Gasteiger partial charge >= 0.3 is 5.97 Å². The van der Waals surface area contributed by atoms with E-state index >= 15 is 0 Å². The molecule has 0 fully saturated rings. The van der Waals surface area contributed by atoms with Gasteiger partial charge in [-0.25, -0.2) is 0 Å². The first kappa shape index (κ1) is 15.4. The highest BCUT2D eigenvalue weighted by Gasteiger charge is 2.23. The Kier molecular flexibility index (Phi) is 6.23. The van der Waals surface area contributed by atoms with Gasteiger partial charge in [0, 0.05) is 6.92 Å². The van der Waals surface area contributed by atoms with E-state index < -0.39 is 24.0 Å². The topological polar surface area (TPSA) is 95.5 Å². The van der Waals surface area contributed by atoms with Gasteiger partial charge in [0.05, 0.1) is 0 Å². The summed E-state index contributed by atoms with van der Waals surface area (Å²) in [6.07, 6.45) is 0.470. The van der Waals surface area contributed by atoms with Crippen molar-refractivity contribution in [2.45, 2.75) is 46.2 Å². The molecule has 0 spiro atoms. The number of aliphatic carboxylic acids is 1. The number of amides is 2. The molecule has 2 amide bonds. The Bertz CT molecular complexity index is 302. The number of carbonyl (C=O) groups is 3. The Balaban J connectivity index is 4.51. The highest BCUT2D eigenvalue weighted by molar-refractivity contribution is 5.89. The number of rotatable bonds is 6. The molecule has 0 aromatic rings. The molecule has 3 N–H and O–H groups in total. The Morgan fingerprint density at radius 2 is 1.65 bits per heavy atom. The van der Waals surface area contributed by atoms with Crippen LogP contribution in [0.15, 0.2) is 0 Å². The van der Waals surface area contributed by atoms with Crippen LogP contribution in [0.1, 0.15) is 34.1 Å². The lowest BCUT2D eigenvalue weighted by molar-refractivity contribution is -0.141. The van der Waals surface area contributed by atoms with Gasteiger partial charge in [-0.05, 0) is 19.3 Å². The molecule has 0 rings (SSSR count). The molecular weight excluding hydrogens is 224 g/mol. The Morgan fingerprint density at radius 3 is 2.00 bits per heavy atom. The van der Waals surface area contributed by atoms with E-state index in [1.165, 1.54) is 13.8 Å². The molecule has 0 heterocycles. The normalized spacial score (nSPS) is 13.9. The second-order valence-electron chi connectivity index (χ2n) is 4.45. The maximum atomic E-state index is 11.7. The van der Waals surface area contributed by atoms with Crippen LogP contribution in [0.25, 0.3) is 0 Å². The first-order chi connectivity index (χ1) is 7.73. The zero-order valence-corrected chi connectivity index (χ0v) is 10.6. The molecule has 0 radical (unpaired) electrons. The molecule has 0 saturated heterocycles. The molecule has 6 heteroatoms. The molecule has 0 bridgehead atoms. The van der Waals surface area contributed by atoms with E-state index in [0.29, 0.717) is 6.42 Å². The summed E-state index contributed by atoms with van der Waals surface area (Å²) in [7, 11) is 0. The van der Waals surface area contributed by atoms with E-state index in [9.17, 15) is 14.4 Å². The summed E-state index contributed by atoms with van der Waals surface area (Å²) in [5.41, 5.74) is 0. The van der Waals surface area contributed by atoms with Crippen molar-refractivity contribution in [3.05, 3.63) is 0 Å². The average Bonchev–Trinajstić information content (AvgIpc) is 2.14. The fraction of sp³-hybridized carbons (Fsp3) is 0.727. The van der Waals surface area contributed by atoms with Crippen LogP contribution in [-0.4, -0.2) is 35.0 Å². The van der Waals surface area contributed by atoms with Gasteiger partial charge in [-0.3, -0.25) is 14.4 Å². The standard InChI is InChI=1S/C11H20N2O4/c1-6(2)5-9(13-8(4)14)10(15)12-7(3)11(16)17/h6-7,9H,5H2,1-4H3,(H,12,15)(H,13,14)(H,16,17)/t7-,9+/m1/s1. The van der Waals surface area contributed by atoms with Gasteiger partial charge in [-0.1, -0.05) is 13.8 Å². The van der Waals surface area contributed by atoms with Crippen LogP contribution < -0.4 is 10.6 Å². The minimum atomic E-state index is -1.11. The molecule has 0 unspecified atom stereocenters. The van der Waals surface area contributed by atoms with E-state index in [1.54, 1.807) is 0 Å². The minimum Gasteiger partial charge on any atom is -0.480 e. The first-order valence-electron chi connectivity index (χ1n) is 5.54. The molecule has 0 aliphatic heterocycles. The second kappa shape index (κ2) is 6.88. The lowest BCUT2D eigenvalue weighted by Gasteiger charge is -2.20. The van der Waals surface area contributed by atoms with Crippen molar-refractivity contribution >= 4 is 17.8 Å². The van der Waals surface area contributed by atoms with Gasteiger partial charge in [0.1, 0.15) is 12.1 Å².